The van der Waals surface area contributed by atoms with Crippen LogP contribution in [0.15, 0.2) is 73.2 Å². The number of anilines is 2. The first-order valence-electron chi connectivity index (χ1n) is 7.27. The fourth-order valence-corrected chi connectivity index (χ4v) is 2.14. The minimum atomic E-state index is -0.193. The Morgan fingerprint density at radius 2 is 1.70 bits per heavy atom. The Hall–Kier alpha value is -3.21. The first-order chi connectivity index (χ1) is 11.3. The van der Waals surface area contributed by atoms with Crippen molar-refractivity contribution in [3.05, 3.63) is 84.3 Å². The molecule has 3 aromatic rings. The van der Waals surface area contributed by atoms with Gasteiger partial charge in [0.15, 0.2) is 0 Å². The van der Waals surface area contributed by atoms with Crippen molar-refractivity contribution in [2.24, 2.45) is 0 Å². The van der Waals surface area contributed by atoms with Crippen molar-refractivity contribution >= 4 is 17.4 Å². The number of amides is 1. The Kier molecular flexibility index (Phi) is 4.59. The summed E-state index contributed by atoms with van der Waals surface area (Å²) in [4.78, 5) is 20.7. The van der Waals surface area contributed by atoms with E-state index >= 15 is 0 Å². The molecule has 0 radical (unpaired) electrons. The van der Waals surface area contributed by atoms with Crippen LogP contribution in [0.2, 0.25) is 0 Å². The fourth-order valence-electron chi connectivity index (χ4n) is 2.14. The molecule has 0 saturated carbocycles. The van der Waals surface area contributed by atoms with Gasteiger partial charge in [0.1, 0.15) is 5.82 Å². The van der Waals surface area contributed by atoms with Crippen LogP contribution in [0.3, 0.4) is 0 Å². The van der Waals surface area contributed by atoms with Gasteiger partial charge in [0.2, 0.25) is 0 Å². The van der Waals surface area contributed by atoms with Gasteiger partial charge in [-0.15, -0.1) is 0 Å². The number of aromatic nitrogens is 2. The third kappa shape index (κ3) is 3.91. The largest absolute Gasteiger partial charge is 0.365 e. The van der Waals surface area contributed by atoms with Gasteiger partial charge in [-0.05, 0) is 42.0 Å². The van der Waals surface area contributed by atoms with E-state index < -0.39 is 0 Å². The number of rotatable bonds is 5. The monoisotopic (exact) mass is 304 g/mol. The molecule has 0 aliphatic carbocycles. The molecule has 0 bridgehead atoms. The molecule has 0 unspecified atom stereocenters. The van der Waals surface area contributed by atoms with Crippen molar-refractivity contribution in [1.29, 1.82) is 0 Å². The van der Waals surface area contributed by atoms with Crippen molar-refractivity contribution in [1.82, 2.24) is 9.97 Å². The lowest BCUT2D eigenvalue weighted by molar-refractivity contribution is 0.102. The van der Waals surface area contributed by atoms with Gasteiger partial charge < -0.3 is 10.6 Å². The van der Waals surface area contributed by atoms with Crippen LogP contribution in [0.25, 0.3) is 0 Å². The number of pyridine rings is 2. The summed E-state index contributed by atoms with van der Waals surface area (Å²) in [5, 5.41) is 6.06. The summed E-state index contributed by atoms with van der Waals surface area (Å²) in [5.74, 6) is 0.360. The van der Waals surface area contributed by atoms with Crippen LogP contribution in [-0.2, 0) is 6.54 Å². The highest BCUT2D eigenvalue weighted by atomic mass is 16.1. The predicted molar refractivity (Wildman–Crippen MR) is 90.2 cm³/mol. The van der Waals surface area contributed by atoms with Crippen LogP contribution in [0.5, 0.6) is 0 Å². The van der Waals surface area contributed by atoms with E-state index in [0.29, 0.717) is 17.9 Å². The minimum Gasteiger partial charge on any atom is -0.365 e. The molecule has 0 spiro atoms. The van der Waals surface area contributed by atoms with E-state index in [9.17, 15) is 4.79 Å². The molecule has 0 aliphatic rings. The van der Waals surface area contributed by atoms with Crippen LogP contribution in [0.1, 0.15) is 15.9 Å². The Bertz CT molecular complexity index is 775. The third-order valence-corrected chi connectivity index (χ3v) is 3.29. The second-order valence-corrected chi connectivity index (χ2v) is 4.93. The molecular weight excluding hydrogens is 288 g/mol. The van der Waals surface area contributed by atoms with Gasteiger partial charge >= 0.3 is 0 Å². The normalized spacial score (nSPS) is 10.1. The molecule has 0 saturated heterocycles. The molecule has 0 atom stereocenters. The number of nitrogens with one attached hydrogen (secondary N) is 2. The predicted octanol–water partition coefficient (Wildman–Crippen LogP) is 3.34. The van der Waals surface area contributed by atoms with Gasteiger partial charge in [-0.2, -0.15) is 0 Å². The van der Waals surface area contributed by atoms with Crippen molar-refractivity contribution < 1.29 is 4.79 Å². The molecule has 5 heteroatoms. The molecule has 2 aromatic heterocycles. The average molecular weight is 304 g/mol. The van der Waals surface area contributed by atoms with E-state index in [0.717, 1.165) is 11.3 Å². The third-order valence-electron chi connectivity index (χ3n) is 3.29. The van der Waals surface area contributed by atoms with E-state index in [1.54, 1.807) is 30.7 Å². The second kappa shape index (κ2) is 7.17. The van der Waals surface area contributed by atoms with Crippen LogP contribution in [-0.4, -0.2) is 15.9 Å². The van der Waals surface area contributed by atoms with Crippen molar-refractivity contribution in [2.75, 3.05) is 10.6 Å². The number of hydrogen-bond acceptors (Lipinski definition) is 4. The zero-order chi connectivity index (χ0) is 15.9. The highest BCUT2D eigenvalue weighted by Crippen LogP contribution is 2.15. The molecule has 1 amide bonds. The number of nitrogens with zero attached hydrogens (tertiary/aromatic N) is 2. The van der Waals surface area contributed by atoms with Gasteiger partial charge in [-0.1, -0.05) is 18.2 Å². The van der Waals surface area contributed by atoms with Crippen LogP contribution >= 0.6 is 0 Å². The SMILES string of the molecule is O=C(Nc1ccccc1)c1cccnc1NCc1ccncc1. The maximum absolute atomic E-state index is 12.4. The number of hydrogen-bond donors (Lipinski definition) is 2. The lowest BCUT2D eigenvalue weighted by Crippen LogP contribution is -2.15. The number of carbonyl (C=O) groups excluding carboxylic acids is 1. The van der Waals surface area contributed by atoms with Gasteiger partial charge in [0, 0.05) is 30.8 Å². The number of carbonyl (C=O) groups is 1. The maximum atomic E-state index is 12.4. The summed E-state index contributed by atoms with van der Waals surface area (Å²) in [6.07, 6.45) is 5.13. The Morgan fingerprint density at radius 1 is 0.913 bits per heavy atom. The molecule has 23 heavy (non-hydrogen) atoms. The van der Waals surface area contributed by atoms with Gasteiger partial charge in [-0.3, -0.25) is 9.78 Å². The molecule has 2 N–H and O–H groups in total. The van der Waals surface area contributed by atoms with Gasteiger partial charge in [0.05, 0.1) is 5.56 Å². The van der Waals surface area contributed by atoms with Crippen LogP contribution in [0, 0.1) is 0 Å². The quantitative estimate of drug-likeness (QED) is 0.758. The maximum Gasteiger partial charge on any atom is 0.259 e. The summed E-state index contributed by atoms with van der Waals surface area (Å²) in [7, 11) is 0. The van der Waals surface area contributed by atoms with Crippen molar-refractivity contribution in [3.63, 3.8) is 0 Å². The summed E-state index contributed by atoms with van der Waals surface area (Å²) < 4.78 is 0. The van der Waals surface area contributed by atoms with Gasteiger partial charge in [0.25, 0.3) is 5.91 Å². The smallest absolute Gasteiger partial charge is 0.259 e. The Morgan fingerprint density at radius 3 is 2.48 bits per heavy atom. The summed E-state index contributed by atoms with van der Waals surface area (Å²) in [6.45, 7) is 0.575. The lowest BCUT2D eigenvalue weighted by Gasteiger charge is -2.11. The van der Waals surface area contributed by atoms with Crippen molar-refractivity contribution in [2.45, 2.75) is 6.54 Å². The van der Waals surface area contributed by atoms with Crippen molar-refractivity contribution in [3.8, 4) is 0 Å². The number of para-hydroxylation sites is 1. The average Bonchev–Trinajstić information content (AvgIpc) is 2.62. The standard InChI is InChI=1S/C18H16N4O/c23-18(22-15-5-2-1-3-6-15)16-7-4-10-20-17(16)21-13-14-8-11-19-12-9-14/h1-12H,13H2,(H,20,21)(H,22,23). The van der Waals surface area contributed by atoms with E-state index in [2.05, 4.69) is 20.6 Å². The Balaban J connectivity index is 1.73. The highest BCUT2D eigenvalue weighted by molar-refractivity contribution is 6.07. The molecule has 1 aromatic carbocycles. The molecule has 5 nitrogen and oxygen atoms in total. The molecule has 0 aliphatic heterocycles. The Labute approximate surface area is 134 Å². The summed E-state index contributed by atoms with van der Waals surface area (Å²) in [6, 6.07) is 16.7. The van der Waals surface area contributed by atoms with E-state index in [4.69, 9.17) is 0 Å². The summed E-state index contributed by atoms with van der Waals surface area (Å²) >= 11 is 0. The first kappa shape index (κ1) is 14.7. The van der Waals surface area contributed by atoms with E-state index in [1.165, 1.54) is 0 Å². The molecule has 2 heterocycles. The van der Waals surface area contributed by atoms with Crippen LogP contribution in [0.4, 0.5) is 11.5 Å². The zero-order valence-corrected chi connectivity index (χ0v) is 12.4. The van der Waals surface area contributed by atoms with E-state index in [1.807, 2.05) is 42.5 Å². The molecular formula is C18H16N4O. The number of benzene rings is 1. The zero-order valence-electron chi connectivity index (χ0n) is 12.4. The van der Waals surface area contributed by atoms with Gasteiger partial charge in [-0.25, -0.2) is 4.98 Å². The molecule has 0 fully saturated rings. The topological polar surface area (TPSA) is 66.9 Å². The van der Waals surface area contributed by atoms with E-state index in [-0.39, 0.29) is 5.91 Å². The highest BCUT2D eigenvalue weighted by Gasteiger charge is 2.12. The second-order valence-electron chi connectivity index (χ2n) is 4.93. The van der Waals surface area contributed by atoms with Crippen LogP contribution < -0.4 is 10.6 Å². The minimum absolute atomic E-state index is 0.193. The first-order valence-corrected chi connectivity index (χ1v) is 7.27. The molecule has 114 valence electrons. The lowest BCUT2D eigenvalue weighted by atomic mass is 10.2. The summed E-state index contributed by atoms with van der Waals surface area (Å²) in [5.41, 5.74) is 2.33. The molecule has 3 rings (SSSR count). The fraction of sp³-hybridized carbons (Fsp3) is 0.0556.